The van der Waals surface area contributed by atoms with Gasteiger partial charge in [-0.15, -0.1) is 0 Å². The minimum Gasteiger partial charge on any atom is -0.298 e. The molecule has 2 heterocycles. The summed E-state index contributed by atoms with van der Waals surface area (Å²) in [7, 11) is 0. The molecule has 3 rings (SSSR count). The Bertz CT molecular complexity index is 772. The SMILES string of the molecule is O=c1nc(NNc2ccccc2)nc(-c2cccnc2)[nH]1. The molecular weight excluding hydrogens is 268 g/mol. The van der Waals surface area contributed by atoms with E-state index in [9.17, 15) is 4.79 Å². The van der Waals surface area contributed by atoms with Crippen LogP contribution in [0.3, 0.4) is 0 Å². The van der Waals surface area contributed by atoms with E-state index >= 15 is 0 Å². The van der Waals surface area contributed by atoms with E-state index in [0.29, 0.717) is 11.4 Å². The maximum Gasteiger partial charge on any atom is 0.349 e. The fraction of sp³-hybridized carbons (Fsp3) is 0. The van der Waals surface area contributed by atoms with E-state index in [0.717, 1.165) is 5.69 Å². The highest BCUT2D eigenvalue weighted by Gasteiger charge is 2.05. The number of aromatic nitrogens is 4. The number of nitrogens with zero attached hydrogens (tertiary/aromatic N) is 3. The van der Waals surface area contributed by atoms with E-state index < -0.39 is 5.69 Å². The van der Waals surface area contributed by atoms with Crippen LogP contribution in [0.15, 0.2) is 59.7 Å². The molecule has 0 fully saturated rings. The summed E-state index contributed by atoms with van der Waals surface area (Å²) in [4.78, 5) is 26.2. The van der Waals surface area contributed by atoms with E-state index in [1.165, 1.54) is 0 Å². The highest BCUT2D eigenvalue weighted by atomic mass is 16.1. The fourth-order valence-electron chi connectivity index (χ4n) is 1.73. The molecule has 1 aromatic carbocycles. The first-order chi connectivity index (χ1) is 10.3. The molecule has 0 saturated heterocycles. The van der Waals surface area contributed by atoms with Crippen molar-refractivity contribution in [3.63, 3.8) is 0 Å². The Morgan fingerprint density at radius 1 is 0.952 bits per heavy atom. The second-order valence-corrected chi connectivity index (χ2v) is 4.18. The molecule has 2 aromatic heterocycles. The first-order valence-corrected chi connectivity index (χ1v) is 6.27. The fourth-order valence-corrected chi connectivity index (χ4v) is 1.73. The Hall–Kier alpha value is -3.22. The van der Waals surface area contributed by atoms with E-state index in [4.69, 9.17) is 0 Å². The number of nitrogens with one attached hydrogen (secondary N) is 3. The van der Waals surface area contributed by atoms with E-state index in [-0.39, 0.29) is 5.95 Å². The average Bonchev–Trinajstić information content (AvgIpc) is 2.54. The maximum atomic E-state index is 11.6. The molecule has 3 aromatic rings. The second-order valence-electron chi connectivity index (χ2n) is 4.18. The van der Waals surface area contributed by atoms with Crippen LogP contribution in [0.25, 0.3) is 11.4 Å². The highest BCUT2D eigenvalue weighted by Crippen LogP contribution is 2.12. The molecule has 0 aliphatic rings. The molecule has 0 amide bonds. The number of para-hydroxylation sites is 1. The number of pyridine rings is 1. The number of rotatable bonds is 4. The summed E-state index contributed by atoms with van der Waals surface area (Å²) in [5.41, 5.74) is 6.78. The van der Waals surface area contributed by atoms with Gasteiger partial charge in [0, 0.05) is 18.0 Å². The summed E-state index contributed by atoms with van der Waals surface area (Å²) in [6.07, 6.45) is 3.27. The zero-order valence-corrected chi connectivity index (χ0v) is 10.9. The minimum absolute atomic E-state index is 0.182. The van der Waals surface area contributed by atoms with Crippen LogP contribution in [0.5, 0.6) is 0 Å². The largest absolute Gasteiger partial charge is 0.349 e. The molecule has 0 unspecified atom stereocenters. The number of hydrogen-bond acceptors (Lipinski definition) is 6. The lowest BCUT2D eigenvalue weighted by molar-refractivity contribution is 0.992. The molecule has 3 N–H and O–H groups in total. The van der Waals surface area contributed by atoms with Crippen LogP contribution in [0, 0.1) is 0 Å². The van der Waals surface area contributed by atoms with Crippen molar-refractivity contribution in [2.45, 2.75) is 0 Å². The van der Waals surface area contributed by atoms with Crippen molar-refractivity contribution in [2.24, 2.45) is 0 Å². The number of benzene rings is 1. The summed E-state index contributed by atoms with van der Waals surface area (Å²) >= 11 is 0. The number of aromatic amines is 1. The molecule has 0 saturated carbocycles. The smallest absolute Gasteiger partial charge is 0.298 e. The number of hydrogen-bond donors (Lipinski definition) is 3. The molecule has 7 nitrogen and oxygen atoms in total. The molecule has 104 valence electrons. The van der Waals surface area contributed by atoms with E-state index in [1.807, 2.05) is 30.3 Å². The first kappa shape index (κ1) is 12.8. The van der Waals surface area contributed by atoms with Crippen molar-refractivity contribution in [3.05, 3.63) is 65.3 Å². The second kappa shape index (κ2) is 5.83. The van der Waals surface area contributed by atoms with Crippen LogP contribution >= 0.6 is 0 Å². The zero-order valence-electron chi connectivity index (χ0n) is 10.9. The van der Waals surface area contributed by atoms with Gasteiger partial charge in [-0.1, -0.05) is 18.2 Å². The van der Waals surface area contributed by atoms with Crippen molar-refractivity contribution in [2.75, 3.05) is 10.9 Å². The molecule has 0 radical (unpaired) electrons. The molecule has 21 heavy (non-hydrogen) atoms. The number of H-pyrrole nitrogens is 1. The van der Waals surface area contributed by atoms with Crippen molar-refractivity contribution < 1.29 is 0 Å². The third-order valence-corrected chi connectivity index (χ3v) is 2.68. The predicted molar refractivity (Wildman–Crippen MR) is 79.6 cm³/mol. The zero-order chi connectivity index (χ0) is 14.5. The van der Waals surface area contributed by atoms with Crippen LogP contribution in [0.4, 0.5) is 11.6 Å². The molecule has 0 spiro atoms. The van der Waals surface area contributed by atoms with E-state index in [2.05, 4.69) is 30.8 Å². The quantitative estimate of drug-likeness (QED) is 0.629. The van der Waals surface area contributed by atoms with Gasteiger partial charge in [0.2, 0.25) is 5.95 Å². The standard InChI is InChI=1S/C14H12N6O/c21-14-17-12(10-5-4-8-15-9-10)16-13(18-14)20-19-11-6-2-1-3-7-11/h1-9,19H,(H2,16,17,18,20,21). The monoisotopic (exact) mass is 280 g/mol. The van der Waals surface area contributed by atoms with Gasteiger partial charge in [0.25, 0.3) is 0 Å². The predicted octanol–water partition coefficient (Wildman–Crippen LogP) is 1.67. The molecule has 0 atom stereocenters. The summed E-state index contributed by atoms with van der Waals surface area (Å²) in [5.74, 6) is 0.585. The Labute approximate surface area is 120 Å². The molecule has 7 heteroatoms. The van der Waals surface area contributed by atoms with Gasteiger partial charge < -0.3 is 0 Å². The van der Waals surface area contributed by atoms with Crippen molar-refractivity contribution in [1.82, 2.24) is 19.9 Å². The Kier molecular flexibility index (Phi) is 3.55. The topological polar surface area (TPSA) is 95.6 Å². The number of anilines is 2. The molecule has 0 aliphatic heterocycles. The number of hydrazine groups is 1. The lowest BCUT2D eigenvalue weighted by Crippen LogP contribution is -2.19. The van der Waals surface area contributed by atoms with Crippen LogP contribution in [0.1, 0.15) is 0 Å². The third-order valence-electron chi connectivity index (χ3n) is 2.68. The van der Waals surface area contributed by atoms with Crippen molar-refractivity contribution >= 4 is 11.6 Å². The van der Waals surface area contributed by atoms with Gasteiger partial charge in [-0.3, -0.25) is 20.8 Å². The lowest BCUT2D eigenvalue weighted by atomic mass is 10.3. The summed E-state index contributed by atoms with van der Waals surface area (Å²) in [6, 6.07) is 13.0. The molecule has 0 aliphatic carbocycles. The normalized spacial score (nSPS) is 10.1. The highest BCUT2D eigenvalue weighted by molar-refractivity contribution is 5.54. The van der Waals surface area contributed by atoms with Crippen molar-refractivity contribution in [1.29, 1.82) is 0 Å². The minimum atomic E-state index is -0.485. The average molecular weight is 280 g/mol. The molecular formula is C14H12N6O. The lowest BCUT2D eigenvalue weighted by Gasteiger charge is -2.08. The Balaban J connectivity index is 1.83. The van der Waals surface area contributed by atoms with Gasteiger partial charge in [0.1, 0.15) is 5.82 Å². The molecule has 0 bridgehead atoms. The van der Waals surface area contributed by atoms with Gasteiger partial charge in [-0.25, -0.2) is 4.79 Å². The van der Waals surface area contributed by atoms with Gasteiger partial charge in [-0.2, -0.15) is 9.97 Å². The Morgan fingerprint density at radius 3 is 2.57 bits per heavy atom. The van der Waals surface area contributed by atoms with Gasteiger partial charge >= 0.3 is 5.69 Å². The van der Waals surface area contributed by atoms with Crippen molar-refractivity contribution in [3.8, 4) is 11.4 Å². The van der Waals surface area contributed by atoms with Gasteiger partial charge in [-0.05, 0) is 24.3 Å². The summed E-state index contributed by atoms with van der Waals surface area (Å²) in [5, 5.41) is 0. The van der Waals surface area contributed by atoms with Gasteiger partial charge in [0.05, 0.1) is 5.69 Å². The maximum absolute atomic E-state index is 11.6. The van der Waals surface area contributed by atoms with Crippen LogP contribution < -0.4 is 16.5 Å². The summed E-state index contributed by atoms with van der Waals surface area (Å²) < 4.78 is 0. The van der Waals surface area contributed by atoms with Crippen LogP contribution in [-0.4, -0.2) is 19.9 Å². The first-order valence-electron chi connectivity index (χ1n) is 6.27. The summed E-state index contributed by atoms with van der Waals surface area (Å²) in [6.45, 7) is 0. The van der Waals surface area contributed by atoms with Crippen LogP contribution in [-0.2, 0) is 0 Å². The van der Waals surface area contributed by atoms with Gasteiger partial charge in [0.15, 0.2) is 0 Å². The third kappa shape index (κ3) is 3.21. The van der Waals surface area contributed by atoms with E-state index in [1.54, 1.807) is 24.5 Å². The Morgan fingerprint density at radius 2 is 1.81 bits per heavy atom. The van der Waals surface area contributed by atoms with Crippen LogP contribution in [0.2, 0.25) is 0 Å².